The number of nitrogens with one attached hydrogen (secondary N) is 1. The van der Waals surface area contributed by atoms with Crippen LogP contribution in [0.5, 0.6) is 0 Å². The van der Waals surface area contributed by atoms with Gasteiger partial charge in [-0.2, -0.15) is 0 Å². The minimum absolute atomic E-state index is 0.0448. The summed E-state index contributed by atoms with van der Waals surface area (Å²) in [6.07, 6.45) is 0.569. The Morgan fingerprint density at radius 1 is 1.14 bits per heavy atom. The Kier molecular flexibility index (Phi) is 5.41. The Morgan fingerprint density at radius 2 is 1.86 bits per heavy atom. The molecule has 21 heavy (non-hydrogen) atoms. The maximum atomic E-state index is 13.4. The fourth-order valence-electron chi connectivity index (χ4n) is 1.99. The largest absolute Gasteiger partial charge is 0.312 e. The van der Waals surface area contributed by atoms with Gasteiger partial charge in [0.1, 0.15) is 5.82 Å². The van der Waals surface area contributed by atoms with Crippen molar-refractivity contribution in [2.24, 2.45) is 0 Å². The monoisotopic (exact) mass is 352 g/mol. The van der Waals surface area contributed by atoms with Crippen LogP contribution in [0.4, 0.5) is 10.1 Å². The van der Waals surface area contributed by atoms with E-state index < -0.39 is 4.92 Å². The van der Waals surface area contributed by atoms with E-state index in [4.69, 9.17) is 0 Å². The van der Waals surface area contributed by atoms with Gasteiger partial charge in [0.15, 0.2) is 0 Å². The first-order valence-electron chi connectivity index (χ1n) is 6.45. The molecule has 0 radical (unpaired) electrons. The summed E-state index contributed by atoms with van der Waals surface area (Å²) >= 11 is 3.25. The van der Waals surface area contributed by atoms with Crippen molar-refractivity contribution in [2.45, 2.75) is 13.0 Å². The number of hydrogen-bond acceptors (Lipinski definition) is 3. The lowest BCUT2D eigenvalue weighted by molar-refractivity contribution is -0.385. The first-order chi connectivity index (χ1) is 10.1. The fraction of sp³-hybridized carbons (Fsp3) is 0.200. The average Bonchev–Trinajstić information content (AvgIpc) is 2.46. The second kappa shape index (κ2) is 7.28. The molecule has 0 amide bonds. The first-order valence-corrected chi connectivity index (χ1v) is 7.25. The highest BCUT2D eigenvalue weighted by Crippen LogP contribution is 2.28. The van der Waals surface area contributed by atoms with Crippen molar-refractivity contribution in [3.8, 4) is 0 Å². The zero-order valence-electron chi connectivity index (χ0n) is 11.2. The molecule has 0 saturated heterocycles. The highest BCUT2D eigenvalue weighted by atomic mass is 79.9. The van der Waals surface area contributed by atoms with Crippen molar-refractivity contribution in [1.82, 2.24) is 5.32 Å². The average molecular weight is 353 g/mol. The van der Waals surface area contributed by atoms with Gasteiger partial charge in [0.2, 0.25) is 0 Å². The Labute approximate surface area is 130 Å². The predicted molar refractivity (Wildman–Crippen MR) is 82.6 cm³/mol. The fourth-order valence-corrected chi connectivity index (χ4v) is 2.54. The topological polar surface area (TPSA) is 55.2 Å². The van der Waals surface area contributed by atoms with Gasteiger partial charge in [-0.25, -0.2) is 4.39 Å². The molecular weight excluding hydrogens is 339 g/mol. The van der Waals surface area contributed by atoms with Gasteiger partial charge < -0.3 is 5.32 Å². The van der Waals surface area contributed by atoms with Gasteiger partial charge in [-0.3, -0.25) is 10.1 Å². The molecule has 6 heteroatoms. The maximum Gasteiger partial charge on any atom is 0.283 e. The lowest BCUT2D eigenvalue weighted by atomic mass is 10.1. The van der Waals surface area contributed by atoms with Gasteiger partial charge in [-0.05, 0) is 46.1 Å². The molecule has 0 unspecified atom stereocenters. The molecule has 110 valence electrons. The lowest BCUT2D eigenvalue weighted by Crippen LogP contribution is -2.17. The number of benzene rings is 2. The van der Waals surface area contributed by atoms with Crippen LogP contribution < -0.4 is 5.32 Å². The second-order valence-corrected chi connectivity index (χ2v) is 5.32. The minimum atomic E-state index is -0.424. The van der Waals surface area contributed by atoms with Crippen molar-refractivity contribution in [2.75, 3.05) is 6.54 Å². The molecule has 0 aliphatic carbocycles. The van der Waals surface area contributed by atoms with E-state index in [1.54, 1.807) is 24.3 Å². The van der Waals surface area contributed by atoms with Gasteiger partial charge in [-0.15, -0.1) is 0 Å². The van der Waals surface area contributed by atoms with Crippen LogP contribution in [0.2, 0.25) is 0 Å². The van der Waals surface area contributed by atoms with E-state index in [-0.39, 0.29) is 11.5 Å². The number of halogens is 2. The zero-order valence-corrected chi connectivity index (χ0v) is 12.8. The molecule has 2 rings (SSSR count). The molecule has 0 bridgehead atoms. The summed E-state index contributed by atoms with van der Waals surface area (Å²) in [4.78, 5) is 10.4. The van der Waals surface area contributed by atoms with Crippen LogP contribution in [0.25, 0.3) is 0 Å². The van der Waals surface area contributed by atoms with Gasteiger partial charge in [0.25, 0.3) is 5.69 Å². The molecule has 0 spiro atoms. The molecule has 2 aromatic carbocycles. The Morgan fingerprint density at radius 3 is 2.57 bits per heavy atom. The van der Waals surface area contributed by atoms with Crippen LogP contribution in [-0.2, 0) is 13.0 Å². The van der Waals surface area contributed by atoms with Crippen LogP contribution in [-0.4, -0.2) is 11.5 Å². The van der Waals surface area contributed by atoms with Crippen LogP contribution in [0.15, 0.2) is 46.9 Å². The molecule has 0 aliphatic rings. The van der Waals surface area contributed by atoms with Crippen LogP contribution in [0, 0.1) is 15.9 Å². The van der Waals surface area contributed by atoms with Crippen molar-refractivity contribution < 1.29 is 9.31 Å². The number of nitro benzene ring substituents is 1. The third-order valence-corrected chi connectivity index (χ3v) is 4.01. The van der Waals surface area contributed by atoms with E-state index >= 15 is 0 Å². The molecule has 0 heterocycles. The number of nitro groups is 1. The molecule has 2 aromatic rings. The third-order valence-electron chi connectivity index (χ3n) is 3.10. The van der Waals surface area contributed by atoms with Gasteiger partial charge in [0, 0.05) is 12.6 Å². The molecule has 0 saturated carbocycles. The normalized spacial score (nSPS) is 10.6. The van der Waals surface area contributed by atoms with Crippen molar-refractivity contribution in [3.63, 3.8) is 0 Å². The molecule has 0 aromatic heterocycles. The number of rotatable bonds is 6. The van der Waals surface area contributed by atoms with E-state index in [2.05, 4.69) is 21.2 Å². The lowest BCUT2D eigenvalue weighted by Gasteiger charge is -2.08. The van der Waals surface area contributed by atoms with Gasteiger partial charge in [-0.1, -0.05) is 30.3 Å². The maximum absolute atomic E-state index is 13.4. The summed E-state index contributed by atoms with van der Waals surface area (Å²) in [7, 11) is 0. The molecule has 1 N–H and O–H groups in total. The third kappa shape index (κ3) is 4.09. The van der Waals surface area contributed by atoms with E-state index in [1.165, 1.54) is 12.1 Å². The molecule has 0 fully saturated rings. The molecule has 4 nitrogen and oxygen atoms in total. The summed E-state index contributed by atoms with van der Waals surface area (Å²) in [5.74, 6) is -0.212. The Hall–Kier alpha value is -1.79. The smallest absolute Gasteiger partial charge is 0.283 e. The van der Waals surface area contributed by atoms with Crippen LogP contribution in [0.1, 0.15) is 11.1 Å². The first kappa shape index (κ1) is 15.6. The van der Waals surface area contributed by atoms with Crippen molar-refractivity contribution >= 4 is 21.6 Å². The van der Waals surface area contributed by atoms with Crippen molar-refractivity contribution in [1.29, 1.82) is 0 Å². The molecule has 0 aliphatic heterocycles. The minimum Gasteiger partial charge on any atom is -0.312 e. The van der Waals surface area contributed by atoms with Crippen molar-refractivity contribution in [3.05, 3.63) is 74.0 Å². The quantitative estimate of drug-likeness (QED) is 0.488. The van der Waals surface area contributed by atoms with E-state index in [1.807, 2.05) is 6.07 Å². The Balaban J connectivity index is 1.91. The standard InChI is InChI=1S/C15H14BrFN2O2/c16-15-12(5-3-7-14(15)19(20)21)10-18-9-8-11-4-1-2-6-13(11)17/h1-7,18H,8-10H2. The highest BCUT2D eigenvalue weighted by Gasteiger charge is 2.14. The SMILES string of the molecule is O=[N+]([O-])c1cccc(CNCCc2ccccc2F)c1Br. The Bertz CT molecular complexity index is 649. The van der Waals surface area contributed by atoms with E-state index in [0.717, 1.165) is 5.56 Å². The second-order valence-electron chi connectivity index (χ2n) is 4.53. The van der Waals surface area contributed by atoms with Crippen LogP contribution >= 0.6 is 15.9 Å². The zero-order chi connectivity index (χ0) is 15.2. The number of hydrogen-bond donors (Lipinski definition) is 1. The van der Waals surface area contributed by atoms with Gasteiger partial charge >= 0.3 is 0 Å². The number of nitrogens with zero attached hydrogens (tertiary/aromatic N) is 1. The molecule has 0 atom stereocenters. The van der Waals surface area contributed by atoms with E-state index in [0.29, 0.717) is 29.5 Å². The van der Waals surface area contributed by atoms with E-state index in [9.17, 15) is 14.5 Å². The predicted octanol–water partition coefficient (Wildman–Crippen LogP) is 3.83. The van der Waals surface area contributed by atoms with Gasteiger partial charge in [0.05, 0.1) is 9.40 Å². The highest BCUT2D eigenvalue weighted by molar-refractivity contribution is 9.10. The summed E-state index contributed by atoms with van der Waals surface area (Å²) < 4.78 is 13.9. The molecular formula is C15H14BrFN2O2. The summed E-state index contributed by atoms with van der Waals surface area (Å²) in [6.45, 7) is 1.08. The summed E-state index contributed by atoms with van der Waals surface area (Å²) in [6, 6.07) is 11.6. The van der Waals surface area contributed by atoms with Crippen LogP contribution in [0.3, 0.4) is 0 Å². The summed E-state index contributed by atoms with van der Waals surface area (Å²) in [5.41, 5.74) is 1.50. The summed E-state index contributed by atoms with van der Waals surface area (Å²) in [5, 5.41) is 14.0.